The summed E-state index contributed by atoms with van der Waals surface area (Å²) in [5.41, 5.74) is -0.302. The predicted octanol–water partition coefficient (Wildman–Crippen LogP) is 2.88. The third-order valence-corrected chi connectivity index (χ3v) is 3.34. The maximum Gasteiger partial charge on any atom is 0.416 e. The van der Waals surface area contributed by atoms with E-state index < -0.39 is 11.7 Å². The number of aliphatic hydroxyl groups is 1. The van der Waals surface area contributed by atoms with Gasteiger partial charge in [0.15, 0.2) is 0 Å². The minimum atomic E-state index is -4.33. The normalized spacial score (nSPS) is 25.1. The van der Waals surface area contributed by atoms with Gasteiger partial charge in [0.05, 0.1) is 12.2 Å². The lowest BCUT2D eigenvalue weighted by Gasteiger charge is -2.31. The number of rotatable bonds is 2. The molecule has 2 rings (SSSR count). The van der Waals surface area contributed by atoms with Crippen molar-refractivity contribution in [1.82, 2.24) is 5.32 Å². The Morgan fingerprint density at radius 2 is 1.94 bits per heavy atom. The van der Waals surface area contributed by atoms with Crippen molar-refractivity contribution in [2.45, 2.75) is 37.5 Å². The second kappa shape index (κ2) is 5.28. The Labute approximate surface area is 104 Å². The van der Waals surface area contributed by atoms with Crippen molar-refractivity contribution in [3.05, 3.63) is 35.4 Å². The smallest absolute Gasteiger partial charge is 0.395 e. The molecular weight excluding hydrogens is 243 g/mol. The van der Waals surface area contributed by atoms with Crippen LogP contribution in [-0.2, 0) is 6.18 Å². The topological polar surface area (TPSA) is 32.3 Å². The second-order valence-electron chi connectivity index (χ2n) is 4.61. The zero-order chi connectivity index (χ0) is 13.2. The quantitative estimate of drug-likeness (QED) is 0.856. The Hall–Kier alpha value is -1.07. The van der Waals surface area contributed by atoms with Crippen LogP contribution in [0.2, 0.25) is 0 Å². The number of hydrogen-bond acceptors (Lipinski definition) is 2. The highest BCUT2D eigenvalue weighted by molar-refractivity contribution is 5.32. The number of benzene rings is 1. The molecule has 0 bridgehead atoms. The third-order valence-electron chi connectivity index (χ3n) is 3.34. The lowest BCUT2D eigenvalue weighted by Crippen LogP contribution is -2.39. The largest absolute Gasteiger partial charge is 0.416 e. The van der Waals surface area contributed by atoms with Crippen molar-refractivity contribution < 1.29 is 18.3 Å². The van der Waals surface area contributed by atoms with Gasteiger partial charge in [-0.25, -0.2) is 0 Å². The van der Waals surface area contributed by atoms with Crippen molar-refractivity contribution in [3.63, 3.8) is 0 Å². The van der Waals surface area contributed by atoms with E-state index in [4.69, 9.17) is 5.11 Å². The molecule has 1 saturated heterocycles. The van der Waals surface area contributed by atoms with Gasteiger partial charge in [-0.1, -0.05) is 18.2 Å². The van der Waals surface area contributed by atoms with Crippen LogP contribution in [0.5, 0.6) is 0 Å². The van der Waals surface area contributed by atoms with E-state index in [1.165, 1.54) is 12.1 Å². The van der Waals surface area contributed by atoms with Crippen LogP contribution in [0.15, 0.2) is 24.3 Å². The summed E-state index contributed by atoms with van der Waals surface area (Å²) in [6.45, 7) is -0.0370. The standard InChI is InChI=1S/C13H16F3NO/c14-13(15,16)11-6-2-1-5-10(11)12-7-3-4-9(8-18)17-12/h1-2,5-6,9,12,17-18H,3-4,7-8H2. The van der Waals surface area contributed by atoms with Crippen LogP contribution < -0.4 is 5.32 Å². The number of nitrogens with one attached hydrogen (secondary N) is 1. The molecule has 5 heteroatoms. The first-order chi connectivity index (χ1) is 8.52. The third kappa shape index (κ3) is 2.84. The van der Waals surface area contributed by atoms with E-state index in [0.29, 0.717) is 6.42 Å². The highest BCUT2D eigenvalue weighted by atomic mass is 19.4. The lowest BCUT2D eigenvalue weighted by atomic mass is 9.91. The fourth-order valence-electron chi connectivity index (χ4n) is 2.47. The minimum absolute atomic E-state index is 0.0370. The van der Waals surface area contributed by atoms with E-state index in [9.17, 15) is 13.2 Å². The molecule has 1 aliphatic heterocycles. The average molecular weight is 259 g/mol. The fraction of sp³-hybridized carbons (Fsp3) is 0.538. The van der Waals surface area contributed by atoms with Crippen molar-refractivity contribution in [2.24, 2.45) is 0 Å². The molecule has 100 valence electrons. The molecular formula is C13H16F3NO. The van der Waals surface area contributed by atoms with E-state index in [2.05, 4.69) is 5.32 Å². The summed E-state index contributed by atoms with van der Waals surface area (Å²) >= 11 is 0. The van der Waals surface area contributed by atoms with E-state index >= 15 is 0 Å². The summed E-state index contributed by atoms with van der Waals surface area (Å²) in [6, 6.07) is 5.21. The van der Waals surface area contributed by atoms with E-state index in [1.807, 2.05) is 0 Å². The van der Waals surface area contributed by atoms with Crippen molar-refractivity contribution >= 4 is 0 Å². The van der Waals surface area contributed by atoms with Crippen LogP contribution >= 0.6 is 0 Å². The van der Waals surface area contributed by atoms with Gasteiger partial charge in [-0.15, -0.1) is 0 Å². The molecule has 0 radical (unpaired) electrons. The van der Waals surface area contributed by atoms with Gasteiger partial charge in [0, 0.05) is 12.1 Å². The van der Waals surface area contributed by atoms with Crippen LogP contribution in [0.25, 0.3) is 0 Å². The van der Waals surface area contributed by atoms with Crippen molar-refractivity contribution in [1.29, 1.82) is 0 Å². The van der Waals surface area contributed by atoms with Gasteiger partial charge >= 0.3 is 6.18 Å². The number of halogens is 3. The van der Waals surface area contributed by atoms with Crippen LogP contribution in [0, 0.1) is 0 Å². The predicted molar refractivity (Wildman–Crippen MR) is 62.0 cm³/mol. The first-order valence-corrected chi connectivity index (χ1v) is 6.05. The van der Waals surface area contributed by atoms with Crippen LogP contribution in [0.3, 0.4) is 0 Å². The van der Waals surface area contributed by atoms with Gasteiger partial charge in [0.1, 0.15) is 0 Å². The van der Waals surface area contributed by atoms with E-state index in [-0.39, 0.29) is 24.3 Å². The molecule has 1 aromatic carbocycles. The fourth-order valence-corrected chi connectivity index (χ4v) is 2.47. The molecule has 1 aliphatic rings. The molecule has 2 atom stereocenters. The molecule has 18 heavy (non-hydrogen) atoms. The highest BCUT2D eigenvalue weighted by Gasteiger charge is 2.35. The molecule has 0 aliphatic carbocycles. The molecule has 0 saturated carbocycles. The molecule has 1 heterocycles. The van der Waals surface area contributed by atoms with E-state index in [1.54, 1.807) is 6.07 Å². The molecule has 1 fully saturated rings. The molecule has 0 amide bonds. The summed E-state index contributed by atoms with van der Waals surface area (Å²) < 4.78 is 38.7. The van der Waals surface area contributed by atoms with Crippen LogP contribution in [-0.4, -0.2) is 17.8 Å². The summed E-state index contributed by atoms with van der Waals surface area (Å²) in [6.07, 6.45) is -2.02. The Morgan fingerprint density at radius 1 is 1.22 bits per heavy atom. The molecule has 2 unspecified atom stereocenters. The minimum Gasteiger partial charge on any atom is -0.395 e. The maximum atomic E-state index is 12.9. The van der Waals surface area contributed by atoms with Crippen LogP contribution in [0.4, 0.5) is 13.2 Å². The number of aliphatic hydroxyl groups excluding tert-OH is 1. The number of alkyl halides is 3. The first kappa shape index (κ1) is 13.4. The van der Waals surface area contributed by atoms with E-state index in [0.717, 1.165) is 18.9 Å². The first-order valence-electron chi connectivity index (χ1n) is 6.05. The SMILES string of the molecule is OCC1CCCC(c2ccccc2C(F)(F)F)N1. The summed E-state index contributed by atoms with van der Waals surface area (Å²) in [4.78, 5) is 0. The molecule has 1 aromatic rings. The average Bonchev–Trinajstić information content (AvgIpc) is 2.38. The lowest BCUT2D eigenvalue weighted by molar-refractivity contribution is -0.138. The summed E-state index contributed by atoms with van der Waals surface area (Å²) in [7, 11) is 0. The number of piperidine rings is 1. The van der Waals surface area contributed by atoms with Gasteiger partial charge in [-0.2, -0.15) is 13.2 Å². The maximum absolute atomic E-state index is 12.9. The Kier molecular flexibility index (Phi) is 3.92. The zero-order valence-corrected chi connectivity index (χ0v) is 9.87. The van der Waals surface area contributed by atoms with Gasteiger partial charge in [-0.3, -0.25) is 0 Å². The van der Waals surface area contributed by atoms with Gasteiger partial charge < -0.3 is 10.4 Å². The van der Waals surface area contributed by atoms with Gasteiger partial charge in [0.2, 0.25) is 0 Å². The Balaban J connectivity index is 2.27. The summed E-state index contributed by atoms with van der Waals surface area (Å²) in [5, 5.41) is 12.2. The number of hydrogen-bond donors (Lipinski definition) is 2. The molecule has 2 nitrogen and oxygen atoms in total. The molecule has 2 N–H and O–H groups in total. The monoisotopic (exact) mass is 259 g/mol. The van der Waals surface area contributed by atoms with Gasteiger partial charge in [-0.05, 0) is 30.9 Å². The highest BCUT2D eigenvalue weighted by Crippen LogP contribution is 2.37. The zero-order valence-electron chi connectivity index (χ0n) is 9.87. The van der Waals surface area contributed by atoms with Crippen molar-refractivity contribution in [3.8, 4) is 0 Å². The Bertz CT molecular complexity index is 405. The van der Waals surface area contributed by atoms with Crippen LogP contribution in [0.1, 0.15) is 36.4 Å². The van der Waals surface area contributed by atoms with Gasteiger partial charge in [0.25, 0.3) is 0 Å². The molecule has 0 spiro atoms. The Morgan fingerprint density at radius 3 is 2.61 bits per heavy atom. The molecule has 0 aromatic heterocycles. The van der Waals surface area contributed by atoms with Crippen molar-refractivity contribution in [2.75, 3.05) is 6.61 Å². The summed E-state index contributed by atoms with van der Waals surface area (Å²) in [5.74, 6) is 0. The second-order valence-corrected chi connectivity index (χ2v) is 4.61.